The van der Waals surface area contributed by atoms with Gasteiger partial charge in [-0.15, -0.1) is 0 Å². The molecule has 3 rings (SSSR count). The molecule has 4 nitrogen and oxygen atoms in total. The lowest BCUT2D eigenvalue weighted by atomic mass is 9.87. The van der Waals surface area contributed by atoms with Gasteiger partial charge in [0.05, 0.1) is 5.69 Å². The van der Waals surface area contributed by atoms with E-state index >= 15 is 0 Å². The summed E-state index contributed by atoms with van der Waals surface area (Å²) in [5.41, 5.74) is 2.69. The van der Waals surface area contributed by atoms with Gasteiger partial charge in [-0.2, -0.15) is 5.10 Å². The first-order chi connectivity index (χ1) is 11.8. The summed E-state index contributed by atoms with van der Waals surface area (Å²) in [6, 6.07) is 16.8. The van der Waals surface area contributed by atoms with Crippen LogP contribution < -0.4 is 5.32 Å². The van der Waals surface area contributed by atoms with Crippen molar-refractivity contribution in [2.24, 2.45) is 0 Å². The van der Waals surface area contributed by atoms with Gasteiger partial charge in [0.2, 0.25) is 0 Å². The maximum Gasteiger partial charge on any atom is 0.256 e. The Labute approximate surface area is 152 Å². The van der Waals surface area contributed by atoms with E-state index in [-0.39, 0.29) is 11.3 Å². The first kappa shape index (κ1) is 17.2. The van der Waals surface area contributed by atoms with Crippen LogP contribution in [-0.2, 0) is 5.41 Å². The van der Waals surface area contributed by atoms with Gasteiger partial charge in [0.15, 0.2) is 5.82 Å². The number of hydrogen-bond donors (Lipinski definition) is 1. The molecule has 0 saturated carbocycles. The monoisotopic (exact) mass is 353 g/mol. The molecule has 0 bridgehead atoms. The number of aromatic nitrogens is 2. The fourth-order valence-electron chi connectivity index (χ4n) is 2.46. The lowest BCUT2D eigenvalue weighted by molar-refractivity contribution is 0.102. The molecule has 0 atom stereocenters. The van der Waals surface area contributed by atoms with Crippen molar-refractivity contribution in [3.63, 3.8) is 0 Å². The summed E-state index contributed by atoms with van der Waals surface area (Å²) >= 11 is 6.00. The number of carbonyl (C=O) groups excluding carboxylic acids is 1. The van der Waals surface area contributed by atoms with E-state index < -0.39 is 0 Å². The molecule has 25 heavy (non-hydrogen) atoms. The van der Waals surface area contributed by atoms with Gasteiger partial charge in [0.1, 0.15) is 0 Å². The largest absolute Gasteiger partial charge is 0.305 e. The van der Waals surface area contributed by atoms with Crippen molar-refractivity contribution >= 4 is 23.3 Å². The number of carbonyl (C=O) groups is 1. The molecule has 0 spiro atoms. The smallest absolute Gasteiger partial charge is 0.256 e. The summed E-state index contributed by atoms with van der Waals surface area (Å²) in [6.07, 6.45) is 1.78. The number of halogens is 1. The minimum absolute atomic E-state index is 0.0603. The molecule has 0 unspecified atom stereocenters. The maximum absolute atomic E-state index is 12.4. The topological polar surface area (TPSA) is 46.9 Å². The molecule has 0 aliphatic rings. The number of nitrogens with one attached hydrogen (secondary N) is 1. The molecular weight excluding hydrogens is 334 g/mol. The lowest BCUT2D eigenvalue weighted by Gasteiger charge is -2.18. The van der Waals surface area contributed by atoms with Crippen LogP contribution in [0.3, 0.4) is 0 Å². The highest BCUT2D eigenvalue weighted by Gasteiger charge is 2.14. The maximum atomic E-state index is 12.4. The van der Waals surface area contributed by atoms with Crippen LogP contribution in [0.4, 0.5) is 5.82 Å². The summed E-state index contributed by atoms with van der Waals surface area (Å²) in [4.78, 5) is 12.4. The van der Waals surface area contributed by atoms with Crippen LogP contribution in [0, 0.1) is 0 Å². The van der Waals surface area contributed by atoms with E-state index in [0.717, 1.165) is 5.69 Å². The summed E-state index contributed by atoms with van der Waals surface area (Å²) in [5.74, 6) is 0.307. The van der Waals surface area contributed by atoms with E-state index in [9.17, 15) is 4.79 Å². The van der Waals surface area contributed by atoms with Gasteiger partial charge in [-0.25, -0.2) is 4.68 Å². The van der Waals surface area contributed by atoms with Gasteiger partial charge in [-0.3, -0.25) is 4.79 Å². The fraction of sp³-hybridized carbons (Fsp3) is 0.200. The van der Waals surface area contributed by atoms with Crippen LogP contribution in [0.2, 0.25) is 5.02 Å². The predicted octanol–water partition coefficient (Wildman–Crippen LogP) is 5.08. The number of hydrogen-bond acceptors (Lipinski definition) is 2. The van der Waals surface area contributed by atoms with Crippen LogP contribution in [-0.4, -0.2) is 15.7 Å². The SMILES string of the molecule is CC(C)(C)c1ccc(C(=O)Nc2ccn(-c3cccc(Cl)c3)n2)cc1. The second kappa shape index (κ2) is 6.73. The van der Waals surface area contributed by atoms with E-state index in [4.69, 9.17) is 11.6 Å². The summed E-state index contributed by atoms with van der Waals surface area (Å²) in [5, 5.41) is 7.82. The van der Waals surface area contributed by atoms with Gasteiger partial charge in [-0.1, -0.05) is 50.6 Å². The van der Waals surface area contributed by atoms with Crippen LogP contribution in [0.1, 0.15) is 36.7 Å². The summed E-state index contributed by atoms with van der Waals surface area (Å²) in [7, 11) is 0. The number of anilines is 1. The Kier molecular flexibility index (Phi) is 4.64. The molecule has 0 aliphatic carbocycles. The second-order valence-electron chi connectivity index (χ2n) is 6.91. The van der Waals surface area contributed by atoms with Crippen molar-refractivity contribution in [2.45, 2.75) is 26.2 Å². The Balaban J connectivity index is 1.73. The van der Waals surface area contributed by atoms with Crippen molar-refractivity contribution in [1.82, 2.24) is 9.78 Å². The molecule has 1 heterocycles. The highest BCUT2D eigenvalue weighted by Crippen LogP contribution is 2.22. The van der Waals surface area contributed by atoms with Crippen molar-refractivity contribution in [3.8, 4) is 5.69 Å². The van der Waals surface area contributed by atoms with E-state index in [0.29, 0.717) is 16.4 Å². The molecular formula is C20H20ClN3O. The highest BCUT2D eigenvalue weighted by atomic mass is 35.5. The van der Waals surface area contributed by atoms with E-state index in [2.05, 4.69) is 31.2 Å². The van der Waals surface area contributed by atoms with Crippen molar-refractivity contribution in [3.05, 3.63) is 76.9 Å². The molecule has 0 saturated heterocycles. The highest BCUT2D eigenvalue weighted by molar-refractivity contribution is 6.30. The minimum Gasteiger partial charge on any atom is -0.305 e. The molecule has 3 aromatic rings. The quantitative estimate of drug-likeness (QED) is 0.714. The molecule has 1 amide bonds. The fourth-order valence-corrected chi connectivity index (χ4v) is 2.65. The molecule has 0 aliphatic heterocycles. The molecule has 0 fully saturated rings. The van der Waals surface area contributed by atoms with Crippen LogP contribution in [0.25, 0.3) is 5.69 Å². The first-order valence-corrected chi connectivity index (χ1v) is 8.44. The third-order valence-corrected chi connectivity index (χ3v) is 4.15. The normalized spacial score (nSPS) is 11.4. The standard InChI is InChI=1S/C20H20ClN3O/c1-20(2,3)15-9-7-14(8-10-15)19(25)22-18-11-12-24(23-18)17-6-4-5-16(21)13-17/h4-13H,1-3H3,(H,22,23,25). The molecule has 1 aromatic heterocycles. The lowest BCUT2D eigenvalue weighted by Crippen LogP contribution is -2.14. The first-order valence-electron chi connectivity index (χ1n) is 8.06. The zero-order valence-corrected chi connectivity index (χ0v) is 15.2. The van der Waals surface area contributed by atoms with Crippen molar-refractivity contribution in [2.75, 3.05) is 5.32 Å². The zero-order valence-electron chi connectivity index (χ0n) is 14.5. The van der Waals surface area contributed by atoms with Crippen LogP contribution in [0.15, 0.2) is 60.8 Å². The van der Waals surface area contributed by atoms with Gasteiger partial charge >= 0.3 is 0 Å². The van der Waals surface area contributed by atoms with Crippen molar-refractivity contribution in [1.29, 1.82) is 0 Å². The average Bonchev–Trinajstić information content (AvgIpc) is 3.03. The van der Waals surface area contributed by atoms with E-state index in [1.807, 2.05) is 42.5 Å². The Morgan fingerprint density at radius 3 is 2.44 bits per heavy atom. The molecule has 0 radical (unpaired) electrons. The van der Waals surface area contributed by atoms with E-state index in [1.54, 1.807) is 23.0 Å². The third-order valence-electron chi connectivity index (χ3n) is 3.92. The Morgan fingerprint density at radius 1 is 1.08 bits per heavy atom. The second-order valence-corrected chi connectivity index (χ2v) is 7.34. The molecule has 1 N–H and O–H groups in total. The Morgan fingerprint density at radius 2 is 1.80 bits per heavy atom. The Hall–Kier alpha value is -2.59. The Bertz CT molecular complexity index is 892. The average molecular weight is 354 g/mol. The molecule has 2 aromatic carbocycles. The van der Waals surface area contributed by atoms with Crippen LogP contribution in [0.5, 0.6) is 0 Å². The predicted molar refractivity (Wildman–Crippen MR) is 102 cm³/mol. The van der Waals surface area contributed by atoms with Gasteiger partial charge in [0, 0.05) is 22.8 Å². The summed E-state index contributed by atoms with van der Waals surface area (Å²) in [6.45, 7) is 6.43. The third kappa shape index (κ3) is 4.09. The number of nitrogens with zero attached hydrogens (tertiary/aromatic N) is 2. The number of amides is 1. The number of benzene rings is 2. The van der Waals surface area contributed by atoms with Crippen LogP contribution >= 0.6 is 11.6 Å². The van der Waals surface area contributed by atoms with Crippen molar-refractivity contribution < 1.29 is 4.79 Å². The van der Waals surface area contributed by atoms with Gasteiger partial charge in [0.25, 0.3) is 5.91 Å². The zero-order chi connectivity index (χ0) is 18.0. The molecule has 128 valence electrons. The molecule has 5 heteroatoms. The summed E-state index contributed by atoms with van der Waals surface area (Å²) < 4.78 is 1.67. The van der Waals surface area contributed by atoms with Gasteiger partial charge < -0.3 is 5.32 Å². The number of rotatable bonds is 3. The van der Waals surface area contributed by atoms with E-state index in [1.165, 1.54) is 5.56 Å². The minimum atomic E-state index is -0.184. The van der Waals surface area contributed by atoms with Gasteiger partial charge in [-0.05, 0) is 41.3 Å².